The van der Waals surface area contributed by atoms with E-state index < -0.39 is 5.97 Å². The van der Waals surface area contributed by atoms with Crippen molar-refractivity contribution in [3.8, 4) is 16.9 Å². The Morgan fingerprint density at radius 3 is 2.75 bits per heavy atom. The first kappa shape index (κ1) is 20.3. The lowest BCUT2D eigenvalue weighted by Gasteiger charge is -2.11. The fraction of sp³-hybridized carbons (Fsp3) is 0.115. The van der Waals surface area contributed by atoms with Crippen LogP contribution < -0.4 is 10.5 Å². The Kier molecular flexibility index (Phi) is 5.39. The van der Waals surface area contributed by atoms with Crippen LogP contribution in [0.1, 0.15) is 16.7 Å². The molecule has 0 saturated carbocycles. The van der Waals surface area contributed by atoms with Crippen LogP contribution in [-0.4, -0.2) is 11.1 Å². The quantitative estimate of drug-likeness (QED) is 0.323. The molecule has 2 aromatic heterocycles. The van der Waals surface area contributed by atoms with Gasteiger partial charge >= 0.3 is 5.97 Å². The summed E-state index contributed by atoms with van der Waals surface area (Å²) in [4.78, 5) is 11.2. The molecule has 5 nitrogen and oxygen atoms in total. The Morgan fingerprint density at radius 2 is 1.91 bits per heavy atom. The van der Waals surface area contributed by atoms with E-state index in [1.54, 1.807) is 29.7 Å². The van der Waals surface area contributed by atoms with E-state index in [4.69, 9.17) is 20.0 Å². The lowest BCUT2D eigenvalue weighted by atomic mass is 9.97. The molecule has 32 heavy (non-hydrogen) atoms. The number of rotatable bonds is 7. The number of furan rings is 1. The zero-order valence-corrected chi connectivity index (χ0v) is 18.0. The zero-order valence-electron chi connectivity index (χ0n) is 17.2. The van der Waals surface area contributed by atoms with Gasteiger partial charge in [-0.25, -0.2) is 0 Å². The SMILES string of the molecule is NCc1cccc(-c2cc3c(COc4ccccc4CC(=O)O)csc3c3occc23)c1. The van der Waals surface area contributed by atoms with Crippen molar-refractivity contribution < 1.29 is 19.1 Å². The highest BCUT2D eigenvalue weighted by Crippen LogP contribution is 2.40. The lowest BCUT2D eigenvalue weighted by Crippen LogP contribution is -2.04. The number of fused-ring (bicyclic) bond motifs is 3. The molecular weight excluding hydrogens is 422 g/mol. The maximum Gasteiger partial charge on any atom is 0.307 e. The summed E-state index contributed by atoms with van der Waals surface area (Å²) in [6.45, 7) is 0.822. The molecule has 0 unspecified atom stereocenters. The second-order valence-electron chi connectivity index (χ2n) is 7.60. The number of hydrogen-bond acceptors (Lipinski definition) is 5. The molecule has 0 atom stereocenters. The molecule has 0 radical (unpaired) electrons. The smallest absolute Gasteiger partial charge is 0.307 e. The highest BCUT2D eigenvalue weighted by atomic mass is 32.1. The van der Waals surface area contributed by atoms with E-state index in [0.29, 0.717) is 24.5 Å². The van der Waals surface area contributed by atoms with Crippen LogP contribution in [0, 0.1) is 0 Å². The average molecular weight is 444 g/mol. The summed E-state index contributed by atoms with van der Waals surface area (Å²) < 4.78 is 13.0. The number of carboxylic acids is 1. The Labute approximate surface area is 188 Å². The Balaban J connectivity index is 1.55. The molecule has 5 aromatic rings. The molecule has 0 saturated heterocycles. The molecule has 5 rings (SSSR count). The summed E-state index contributed by atoms with van der Waals surface area (Å²) in [7, 11) is 0. The molecular formula is C26H21NO4S. The number of thiophene rings is 1. The van der Waals surface area contributed by atoms with E-state index in [0.717, 1.165) is 43.3 Å². The van der Waals surface area contributed by atoms with Gasteiger partial charge in [0, 0.05) is 28.4 Å². The minimum atomic E-state index is -0.883. The lowest BCUT2D eigenvalue weighted by molar-refractivity contribution is -0.136. The van der Waals surface area contributed by atoms with Crippen molar-refractivity contribution >= 4 is 38.4 Å². The van der Waals surface area contributed by atoms with E-state index in [2.05, 4.69) is 23.6 Å². The molecule has 0 fully saturated rings. The van der Waals surface area contributed by atoms with E-state index in [1.807, 2.05) is 30.3 Å². The number of ether oxygens (including phenoxy) is 1. The molecule has 3 N–H and O–H groups in total. The van der Waals surface area contributed by atoms with E-state index in [-0.39, 0.29) is 6.42 Å². The number of carbonyl (C=O) groups is 1. The first-order chi connectivity index (χ1) is 15.6. The number of benzene rings is 3. The third kappa shape index (κ3) is 3.75. The third-order valence-corrected chi connectivity index (χ3v) is 6.57. The number of nitrogens with two attached hydrogens (primary N) is 1. The minimum absolute atomic E-state index is 0.0742. The third-order valence-electron chi connectivity index (χ3n) is 5.53. The highest BCUT2D eigenvalue weighted by Gasteiger charge is 2.16. The van der Waals surface area contributed by atoms with Crippen molar-refractivity contribution in [2.45, 2.75) is 19.6 Å². The molecule has 3 aromatic carbocycles. The van der Waals surface area contributed by atoms with Gasteiger partial charge in [0.15, 0.2) is 5.58 Å². The van der Waals surface area contributed by atoms with Gasteiger partial charge in [0.1, 0.15) is 12.4 Å². The molecule has 160 valence electrons. The van der Waals surface area contributed by atoms with Crippen LogP contribution in [-0.2, 0) is 24.4 Å². The predicted molar refractivity (Wildman–Crippen MR) is 127 cm³/mol. The van der Waals surface area contributed by atoms with Crippen LogP contribution in [0.5, 0.6) is 5.75 Å². The number of para-hydroxylation sites is 1. The fourth-order valence-electron chi connectivity index (χ4n) is 3.98. The van der Waals surface area contributed by atoms with Gasteiger partial charge in [0.05, 0.1) is 17.4 Å². The Bertz CT molecular complexity index is 1430. The zero-order chi connectivity index (χ0) is 22.1. The first-order valence-corrected chi connectivity index (χ1v) is 11.1. The maximum absolute atomic E-state index is 11.2. The molecule has 6 heteroatoms. The predicted octanol–water partition coefficient (Wildman–Crippen LogP) is 5.98. The first-order valence-electron chi connectivity index (χ1n) is 10.3. The van der Waals surface area contributed by atoms with E-state index >= 15 is 0 Å². The molecule has 0 bridgehead atoms. The van der Waals surface area contributed by atoms with Gasteiger partial charge in [0.25, 0.3) is 0 Å². The summed E-state index contributed by atoms with van der Waals surface area (Å²) in [6, 6.07) is 19.7. The normalized spacial score (nSPS) is 11.3. The maximum atomic E-state index is 11.2. The van der Waals surface area contributed by atoms with Crippen molar-refractivity contribution in [3.63, 3.8) is 0 Å². The molecule has 0 aliphatic carbocycles. The number of aliphatic carboxylic acids is 1. The van der Waals surface area contributed by atoms with Crippen molar-refractivity contribution in [2.75, 3.05) is 0 Å². The summed E-state index contributed by atoms with van der Waals surface area (Å²) >= 11 is 1.62. The summed E-state index contributed by atoms with van der Waals surface area (Å²) in [5, 5.41) is 13.4. The second-order valence-corrected chi connectivity index (χ2v) is 8.48. The summed E-state index contributed by atoms with van der Waals surface area (Å²) in [6.07, 6.45) is 1.65. The van der Waals surface area contributed by atoms with Crippen LogP contribution in [0.3, 0.4) is 0 Å². The molecule has 0 aliphatic rings. The average Bonchev–Trinajstić information content (AvgIpc) is 3.44. The summed E-state index contributed by atoms with van der Waals surface area (Å²) in [5.74, 6) is -0.296. The highest BCUT2D eigenvalue weighted by molar-refractivity contribution is 7.18. The number of hydrogen-bond donors (Lipinski definition) is 2. The Morgan fingerprint density at radius 1 is 1.03 bits per heavy atom. The molecule has 0 aliphatic heterocycles. The second kappa shape index (κ2) is 8.49. The monoisotopic (exact) mass is 443 g/mol. The molecule has 2 heterocycles. The Hall–Kier alpha value is -3.61. The standard InChI is InChI=1S/C26H21NO4S/c27-13-16-4-3-6-17(10-16)21-12-22-19(15-32-26(22)25-20(21)8-9-30-25)14-31-23-7-2-1-5-18(23)11-24(28)29/h1-10,12,15H,11,13-14,27H2,(H,28,29). The van der Waals surface area contributed by atoms with Crippen molar-refractivity contribution in [2.24, 2.45) is 5.73 Å². The summed E-state index contributed by atoms with van der Waals surface area (Å²) in [5.41, 5.74) is 11.7. The van der Waals surface area contributed by atoms with Crippen molar-refractivity contribution in [3.05, 3.63) is 89.0 Å². The molecule has 0 amide bonds. The van der Waals surface area contributed by atoms with Gasteiger partial charge in [-0.05, 0) is 46.3 Å². The fourth-order valence-corrected chi connectivity index (χ4v) is 5.02. The van der Waals surface area contributed by atoms with Gasteiger partial charge in [-0.3, -0.25) is 4.79 Å². The van der Waals surface area contributed by atoms with E-state index in [9.17, 15) is 4.79 Å². The van der Waals surface area contributed by atoms with Gasteiger partial charge in [-0.15, -0.1) is 11.3 Å². The van der Waals surface area contributed by atoms with Crippen molar-refractivity contribution in [1.29, 1.82) is 0 Å². The largest absolute Gasteiger partial charge is 0.489 e. The number of carboxylic acid groups (broad SMARTS) is 1. The van der Waals surface area contributed by atoms with Gasteiger partial charge < -0.3 is 20.0 Å². The van der Waals surface area contributed by atoms with Crippen LogP contribution >= 0.6 is 11.3 Å². The topological polar surface area (TPSA) is 85.7 Å². The molecule has 0 spiro atoms. The van der Waals surface area contributed by atoms with E-state index in [1.165, 1.54) is 0 Å². The van der Waals surface area contributed by atoms with Crippen molar-refractivity contribution in [1.82, 2.24) is 0 Å². The van der Waals surface area contributed by atoms with Gasteiger partial charge in [-0.1, -0.05) is 36.4 Å². The van der Waals surface area contributed by atoms with Gasteiger partial charge in [0.2, 0.25) is 0 Å². The van der Waals surface area contributed by atoms with Crippen LogP contribution in [0.4, 0.5) is 0 Å². The minimum Gasteiger partial charge on any atom is -0.489 e. The van der Waals surface area contributed by atoms with Crippen LogP contribution in [0.2, 0.25) is 0 Å². The van der Waals surface area contributed by atoms with Gasteiger partial charge in [-0.2, -0.15) is 0 Å². The van der Waals surface area contributed by atoms with Crippen LogP contribution in [0.25, 0.3) is 32.2 Å². The van der Waals surface area contributed by atoms with Crippen LogP contribution in [0.15, 0.2) is 76.7 Å².